The Morgan fingerprint density at radius 1 is 1.14 bits per heavy atom. The lowest BCUT2D eigenvalue weighted by Crippen LogP contribution is -2.36. The fourth-order valence-electron chi connectivity index (χ4n) is 3.27. The van der Waals surface area contributed by atoms with Gasteiger partial charge in [-0.2, -0.15) is 0 Å². The normalized spacial score (nSPS) is 31.4. The highest BCUT2D eigenvalue weighted by atomic mass is 14.5. The molecule has 0 spiro atoms. The SMILES string of the molecule is BCCC1(CCCCC)CC(CC)C1. The Bertz CT molecular complexity index is 147. The number of hydrogen-bond acceptors (Lipinski definition) is 0. The highest BCUT2D eigenvalue weighted by Crippen LogP contribution is 2.53. The Kier molecular flexibility index (Phi) is 5.05. The van der Waals surface area contributed by atoms with Gasteiger partial charge in [-0.25, -0.2) is 0 Å². The zero-order chi connectivity index (χ0) is 10.4. The Balaban J connectivity index is 2.26. The van der Waals surface area contributed by atoms with E-state index < -0.39 is 0 Å². The molecule has 0 nitrogen and oxygen atoms in total. The number of hydrogen-bond donors (Lipinski definition) is 0. The lowest BCUT2D eigenvalue weighted by Gasteiger charge is -2.48. The van der Waals surface area contributed by atoms with E-state index in [1.165, 1.54) is 44.8 Å². The van der Waals surface area contributed by atoms with Crippen LogP contribution in [0.25, 0.3) is 0 Å². The first-order valence-corrected chi connectivity index (χ1v) is 6.76. The summed E-state index contributed by atoms with van der Waals surface area (Å²) in [5.41, 5.74) is 0.796. The van der Waals surface area contributed by atoms with Crippen molar-refractivity contribution in [2.75, 3.05) is 0 Å². The van der Waals surface area contributed by atoms with E-state index in [-0.39, 0.29) is 0 Å². The Hall–Kier alpha value is 0.0649. The highest BCUT2D eigenvalue weighted by Gasteiger charge is 2.41. The molecule has 0 unspecified atom stereocenters. The topological polar surface area (TPSA) is 0 Å². The van der Waals surface area contributed by atoms with E-state index in [4.69, 9.17) is 0 Å². The molecule has 0 aromatic carbocycles. The van der Waals surface area contributed by atoms with Gasteiger partial charge in [-0.15, -0.1) is 0 Å². The summed E-state index contributed by atoms with van der Waals surface area (Å²) in [6, 6.07) is 0. The van der Waals surface area contributed by atoms with Crippen molar-refractivity contribution in [1.82, 2.24) is 0 Å². The van der Waals surface area contributed by atoms with Crippen molar-refractivity contribution < 1.29 is 0 Å². The summed E-state index contributed by atoms with van der Waals surface area (Å²) in [5.74, 6) is 1.07. The summed E-state index contributed by atoms with van der Waals surface area (Å²) in [7, 11) is 2.35. The first-order valence-electron chi connectivity index (χ1n) is 6.76. The summed E-state index contributed by atoms with van der Waals surface area (Å²) < 4.78 is 0. The van der Waals surface area contributed by atoms with Crippen LogP contribution in [0, 0.1) is 11.3 Å². The lowest BCUT2D eigenvalue weighted by atomic mass is 9.56. The molecule has 0 N–H and O–H groups in total. The Morgan fingerprint density at radius 3 is 2.36 bits per heavy atom. The third-order valence-corrected chi connectivity index (χ3v) is 4.11. The second-order valence-corrected chi connectivity index (χ2v) is 5.39. The molecule has 1 fully saturated rings. The minimum absolute atomic E-state index is 0.796. The van der Waals surface area contributed by atoms with Crippen LogP contribution in [0.5, 0.6) is 0 Å². The van der Waals surface area contributed by atoms with Gasteiger partial charge in [0, 0.05) is 0 Å². The summed E-state index contributed by atoms with van der Waals surface area (Å²) in [6.07, 6.45) is 13.2. The molecule has 0 aliphatic heterocycles. The number of unbranched alkanes of at least 4 members (excludes halogenated alkanes) is 2. The van der Waals surface area contributed by atoms with Gasteiger partial charge in [-0.1, -0.05) is 52.3 Å². The van der Waals surface area contributed by atoms with Gasteiger partial charge >= 0.3 is 0 Å². The monoisotopic (exact) mass is 194 g/mol. The first kappa shape index (κ1) is 12.1. The fourth-order valence-corrected chi connectivity index (χ4v) is 3.27. The molecule has 0 radical (unpaired) electrons. The molecule has 82 valence electrons. The Labute approximate surface area is 91.3 Å². The van der Waals surface area contributed by atoms with Crippen molar-refractivity contribution in [3.63, 3.8) is 0 Å². The minimum atomic E-state index is 0.796. The third-order valence-electron chi connectivity index (χ3n) is 4.11. The zero-order valence-corrected chi connectivity index (χ0v) is 10.4. The molecule has 0 aromatic rings. The standard InChI is InChI=1S/C13H27B/c1-3-5-6-7-13(8-9-14)10-12(4-2)11-13/h12H,3-11,14H2,1-2H3. The van der Waals surface area contributed by atoms with Crippen molar-refractivity contribution in [2.45, 2.75) is 71.5 Å². The van der Waals surface area contributed by atoms with E-state index in [1.807, 2.05) is 0 Å². The molecule has 0 atom stereocenters. The number of rotatable bonds is 7. The van der Waals surface area contributed by atoms with Crippen LogP contribution in [0.2, 0.25) is 6.32 Å². The quantitative estimate of drug-likeness (QED) is 0.427. The first-order chi connectivity index (χ1) is 6.76. The second-order valence-electron chi connectivity index (χ2n) is 5.39. The van der Waals surface area contributed by atoms with Crippen molar-refractivity contribution >= 4 is 7.85 Å². The summed E-state index contributed by atoms with van der Waals surface area (Å²) >= 11 is 0. The smallest absolute Gasteiger partial charge is 0.0805 e. The molecular formula is C13H27B. The molecule has 1 rings (SSSR count). The molecule has 0 aromatic heterocycles. The summed E-state index contributed by atoms with van der Waals surface area (Å²) in [6.45, 7) is 4.66. The lowest BCUT2D eigenvalue weighted by molar-refractivity contribution is 0.0358. The maximum atomic E-state index is 2.35. The average Bonchev–Trinajstić information content (AvgIpc) is 2.13. The van der Waals surface area contributed by atoms with Gasteiger partial charge in [0.05, 0.1) is 0 Å². The van der Waals surface area contributed by atoms with E-state index in [9.17, 15) is 0 Å². The van der Waals surface area contributed by atoms with E-state index in [0.717, 1.165) is 11.3 Å². The van der Waals surface area contributed by atoms with Crippen molar-refractivity contribution in [1.29, 1.82) is 0 Å². The van der Waals surface area contributed by atoms with Crippen LogP contribution in [0.15, 0.2) is 0 Å². The van der Waals surface area contributed by atoms with Gasteiger partial charge in [0.15, 0.2) is 0 Å². The van der Waals surface area contributed by atoms with Crippen molar-refractivity contribution in [3.05, 3.63) is 0 Å². The summed E-state index contributed by atoms with van der Waals surface area (Å²) in [4.78, 5) is 0. The van der Waals surface area contributed by atoms with Crippen LogP contribution in [0.1, 0.15) is 65.2 Å². The molecule has 14 heavy (non-hydrogen) atoms. The molecule has 0 bridgehead atoms. The molecule has 0 heterocycles. The largest absolute Gasteiger partial charge is 0.101 e. The third kappa shape index (κ3) is 3.03. The van der Waals surface area contributed by atoms with E-state index >= 15 is 0 Å². The maximum absolute atomic E-state index is 2.35. The van der Waals surface area contributed by atoms with Crippen LogP contribution in [-0.2, 0) is 0 Å². The maximum Gasteiger partial charge on any atom is 0.101 e. The van der Waals surface area contributed by atoms with Gasteiger partial charge in [-0.05, 0) is 30.6 Å². The zero-order valence-electron chi connectivity index (χ0n) is 10.4. The van der Waals surface area contributed by atoms with Gasteiger partial charge < -0.3 is 0 Å². The summed E-state index contributed by atoms with van der Waals surface area (Å²) in [5, 5.41) is 0. The Morgan fingerprint density at radius 2 is 1.86 bits per heavy atom. The van der Waals surface area contributed by atoms with Crippen LogP contribution in [0.4, 0.5) is 0 Å². The average molecular weight is 194 g/mol. The van der Waals surface area contributed by atoms with Gasteiger partial charge in [0.2, 0.25) is 0 Å². The molecule has 1 aliphatic carbocycles. The van der Waals surface area contributed by atoms with Crippen molar-refractivity contribution in [2.24, 2.45) is 11.3 Å². The molecule has 1 aliphatic rings. The molecule has 1 saturated carbocycles. The highest BCUT2D eigenvalue weighted by molar-refractivity contribution is 6.08. The van der Waals surface area contributed by atoms with Gasteiger partial charge in [-0.3, -0.25) is 0 Å². The van der Waals surface area contributed by atoms with Gasteiger partial charge in [0.1, 0.15) is 7.85 Å². The molecular weight excluding hydrogens is 167 g/mol. The van der Waals surface area contributed by atoms with Crippen LogP contribution in [-0.4, -0.2) is 7.85 Å². The fraction of sp³-hybridized carbons (Fsp3) is 1.00. The second kappa shape index (κ2) is 5.83. The van der Waals surface area contributed by atoms with Crippen molar-refractivity contribution in [3.8, 4) is 0 Å². The minimum Gasteiger partial charge on any atom is -0.0805 e. The van der Waals surface area contributed by atoms with Crippen LogP contribution in [0.3, 0.4) is 0 Å². The molecule has 0 amide bonds. The predicted octanol–water partition coefficient (Wildman–Crippen LogP) is 3.81. The van der Waals surface area contributed by atoms with E-state index in [0.29, 0.717) is 0 Å². The van der Waals surface area contributed by atoms with E-state index in [1.54, 1.807) is 12.8 Å². The molecule has 1 heteroatoms. The van der Waals surface area contributed by atoms with Gasteiger partial charge in [0.25, 0.3) is 0 Å². The van der Waals surface area contributed by atoms with E-state index in [2.05, 4.69) is 21.7 Å². The predicted molar refractivity (Wildman–Crippen MR) is 67.6 cm³/mol. The van der Waals surface area contributed by atoms with Crippen LogP contribution >= 0.6 is 0 Å². The van der Waals surface area contributed by atoms with Crippen LogP contribution < -0.4 is 0 Å². The molecule has 0 saturated heterocycles.